The van der Waals surface area contributed by atoms with Crippen molar-refractivity contribution in [2.75, 3.05) is 23.5 Å². The van der Waals surface area contributed by atoms with Crippen LogP contribution < -0.4 is 14.9 Å². The standard InChI is InChI=1S/C11H11N5O3S/c1-19-11-5-8(14-15-9(6-12)7-13)3-4-10(11)16-20(2,17)18/h3-5,14,16H,1-2H3. The van der Waals surface area contributed by atoms with E-state index < -0.39 is 10.0 Å². The molecule has 0 amide bonds. The van der Waals surface area contributed by atoms with Crippen molar-refractivity contribution in [1.82, 2.24) is 0 Å². The van der Waals surface area contributed by atoms with Crippen molar-refractivity contribution in [3.63, 3.8) is 0 Å². The van der Waals surface area contributed by atoms with Gasteiger partial charge in [-0.2, -0.15) is 15.6 Å². The lowest BCUT2D eigenvalue weighted by Gasteiger charge is -2.11. The summed E-state index contributed by atoms with van der Waals surface area (Å²) < 4.78 is 29.7. The molecule has 0 spiro atoms. The third-order valence-electron chi connectivity index (χ3n) is 2.01. The van der Waals surface area contributed by atoms with E-state index in [9.17, 15) is 8.42 Å². The Labute approximate surface area is 116 Å². The molecule has 0 saturated carbocycles. The molecule has 9 heteroatoms. The second-order valence-electron chi connectivity index (χ2n) is 3.59. The second-order valence-corrected chi connectivity index (χ2v) is 5.33. The number of benzene rings is 1. The summed E-state index contributed by atoms with van der Waals surface area (Å²) in [6, 6.07) is 7.66. The lowest BCUT2D eigenvalue weighted by molar-refractivity contribution is 0.417. The van der Waals surface area contributed by atoms with Crippen molar-refractivity contribution in [3.05, 3.63) is 18.2 Å². The Kier molecular flexibility index (Phi) is 4.89. The molecule has 0 aromatic heterocycles. The molecule has 104 valence electrons. The molecule has 0 aliphatic carbocycles. The Morgan fingerprint density at radius 1 is 1.35 bits per heavy atom. The summed E-state index contributed by atoms with van der Waals surface area (Å²) >= 11 is 0. The van der Waals surface area contributed by atoms with Gasteiger partial charge in [-0.25, -0.2) is 8.42 Å². The average molecular weight is 293 g/mol. The summed E-state index contributed by atoms with van der Waals surface area (Å²) in [5, 5.41) is 20.6. The molecule has 1 aromatic carbocycles. The van der Waals surface area contributed by atoms with Crippen molar-refractivity contribution < 1.29 is 13.2 Å². The van der Waals surface area contributed by atoms with Crippen LogP contribution >= 0.6 is 0 Å². The maximum Gasteiger partial charge on any atom is 0.237 e. The molecule has 0 radical (unpaired) electrons. The fourth-order valence-corrected chi connectivity index (χ4v) is 1.81. The molecule has 0 fully saturated rings. The van der Waals surface area contributed by atoms with Gasteiger partial charge >= 0.3 is 0 Å². The van der Waals surface area contributed by atoms with Crippen molar-refractivity contribution in [2.45, 2.75) is 0 Å². The van der Waals surface area contributed by atoms with Crippen molar-refractivity contribution in [3.8, 4) is 17.9 Å². The smallest absolute Gasteiger partial charge is 0.237 e. The number of methoxy groups -OCH3 is 1. The lowest BCUT2D eigenvalue weighted by atomic mass is 10.2. The predicted molar refractivity (Wildman–Crippen MR) is 73.7 cm³/mol. The molecule has 1 aromatic rings. The third kappa shape index (κ3) is 4.48. The van der Waals surface area contributed by atoms with Gasteiger partial charge in [-0.1, -0.05) is 0 Å². The fraction of sp³-hybridized carbons (Fsp3) is 0.182. The van der Waals surface area contributed by atoms with Gasteiger partial charge < -0.3 is 4.74 Å². The van der Waals surface area contributed by atoms with Gasteiger partial charge in [0, 0.05) is 6.07 Å². The van der Waals surface area contributed by atoms with Crippen LogP contribution in [0.25, 0.3) is 0 Å². The summed E-state index contributed by atoms with van der Waals surface area (Å²) in [5.74, 6) is 0.270. The van der Waals surface area contributed by atoms with Crippen molar-refractivity contribution in [2.24, 2.45) is 5.10 Å². The summed E-state index contributed by atoms with van der Waals surface area (Å²) in [7, 11) is -2.04. The van der Waals surface area contributed by atoms with E-state index in [1.165, 1.54) is 25.3 Å². The summed E-state index contributed by atoms with van der Waals surface area (Å²) in [6.45, 7) is 0. The van der Waals surface area contributed by atoms with E-state index in [2.05, 4.69) is 15.2 Å². The van der Waals surface area contributed by atoms with Crippen molar-refractivity contribution in [1.29, 1.82) is 10.5 Å². The minimum atomic E-state index is -3.42. The minimum absolute atomic E-state index is 0.269. The third-order valence-corrected chi connectivity index (χ3v) is 2.60. The van der Waals surface area contributed by atoms with Crippen LogP contribution in [0.2, 0.25) is 0 Å². The molecule has 0 aliphatic heterocycles. The number of hydrogen-bond donors (Lipinski definition) is 2. The van der Waals surface area contributed by atoms with Gasteiger partial charge in [-0.15, -0.1) is 0 Å². The molecular weight excluding hydrogens is 282 g/mol. The SMILES string of the molecule is COc1cc(NN=C(C#N)C#N)ccc1NS(C)(=O)=O. The highest BCUT2D eigenvalue weighted by atomic mass is 32.2. The van der Waals surface area contributed by atoms with E-state index in [0.717, 1.165) is 6.26 Å². The van der Waals surface area contributed by atoms with E-state index in [0.29, 0.717) is 5.69 Å². The van der Waals surface area contributed by atoms with Crippen LogP contribution in [0.15, 0.2) is 23.3 Å². The molecule has 0 unspecified atom stereocenters. The first-order valence-electron chi connectivity index (χ1n) is 5.19. The zero-order valence-electron chi connectivity index (χ0n) is 10.7. The van der Waals surface area contributed by atoms with Gasteiger partial charge in [0.1, 0.15) is 17.9 Å². The van der Waals surface area contributed by atoms with Gasteiger partial charge in [0.05, 0.1) is 24.7 Å². The fourth-order valence-electron chi connectivity index (χ4n) is 1.24. The first kappa shape index (κ1) is 15.3. The number of sulfonamides is 1. The molecule has 0 atom stereocenters. The minimum Gasteiger partial charge on any atom is -0.494 e. The quantitative estimate of drug-likeness (QED) is 0.612. The first-order valence-corrected chi connectivity index (χ1v) is 7.08. The maximum absolute atomic E-state index is 11.2. The molecule has 8 nitrogen and oxygen atoms in total. The highest BCUT2D eigenvalue weighted by Gasteiger charge is 2.09. The Morgan fingerprint density at radius 3 is 2.50 bits per heavy atom. The van der Waals surface area contributed by atoms with Gasteiger partial charge in [-0.05, 0) is 12.1 Å². The van der Waals surface area contributed by atoms with Crippen molar-refractivity contribution >= 4 is 27.1 Å². The molecule has 0 bridgehead atoms. The lowest BCUT2D eigenvalue weighted by Crippen LogP contribution is -2.10. The Bertz CT molecular complexity index is 697. The highest BCUT2D eigenvalue weighted by molar-refractivity contribution is 7.92. The van der Waals surface area contributed by atoms with E-state index in [1.807, 2.05) is 0 Å². The van der Waals surface area contributed by atoms with E-state index in [1.54, 1.807) is 12.1 Å². The molecule has 2 N–H and O–H groups in total. The molecule has 0 heterocycles. The zero-order chi connectivity index (χ0) is 15.2. The Hall–Kier alpha value is -2.78. The van der Waals surface area contributed by atoms with Crippen LogP contribution in [0.5, 0.6) is 5.75 Å². The number of hydrazone groups is 1. The Morgan fingerprint density at radius 2 is 2.00 bits per heavy atom. The monoisotopic (exact) mass is 293 g/mol. The summed E-state index contributed by atoms with van der Waals surface area (Å²) in [6.07, 6.45) is 1.02. The highest BCUT2D eigenvalue weighted by Crippen LogP contribution is 2.28. The second kappa shape index (κ2) is 6.41. The van der Waals surface area contributed by atoms with Crippen LogP contribution in [0.3, 0.4) is 0 Å². The molecule has 0 aliphatic rings. The predicted octanol–water partition coefficient (Wildman–Crippen LogP) is 0.882. The van der Waals surface area contributed by atoms with Crippen LogP contribution in [0.1, 0.15) is 0 Å². The average Bonchev–Trinajstić information content (AvgIpc) is 2.39. The van der Waals surface area contributed by atoms with Gasteiger partial charge in [0.2, 0.25) is 15.7 Å². The first-order chi connectivity index (χ1) is 9.39. The van der Waals surface area contributed by atoms with E-state index in [-0.39, 0.29) is 17.1 Å². The topological polar surface area (TPSA) is 127 Å². The number of rotatable bonds is 5. The number of hydrogen-bond acceptors (Lipinski definition) is 7. The largest absolute Gasteiger partial charge is 0.494 e. The number of nitrogens with zero attached hydrogens (tertiary/aromatic N) is 3. The van der Waals surface area contributed by atoms with Crippen LogP contribution in [-0.4, -0.2) is 27.5 Å². The number of ether oxygens (including phenoxy) is 1. The van der Waals surface area contributed by atoms with E-state index in [4.69, 9.17) is 15.3 Å². The number of nitriles is 2. The van der Waals surface area contributed by atoms with Crippen LogP contribution in [0.4, 0.5) is 11.4 Å². The summed E-state index contributed by atoms with van der Waals surface area (Å²) in [4.78, 5) is 0. The summed E-state index contributed by atoms with van der Waals surface area (Å²) in [5.41, 5.74) is 2.87. The van der Waals surface area contributed by atoms with E-state index >= 15 is 0 Å². The molecular formula is C11H11N5O3S. The van der Waals surface area contributed by atoms with Gasteiger partial charge in [0.25, 0.3) is 0 Å². The van der Waals surface area contributed by atoms with Gasteiger partial charge in [0.15, 0.2) is 0 Å². The van der Waals surface area contributed by atoms with Crippen LogP contribution in [0, 0.1) is 22.7 Å². The normalized spacial score (nSPS) is 9.80. The number of anilines is 2. The molecule has 20 heavy (non-hydrogen) atoms. The van der Waals surface area contributed by atoms with Crippen LogP contribution in [-0.2, 0) is 10.0 Å². The molecule has 1 rings (SSSR count). The maximum atomic E-state index is 11.2. The number of nitrogens with one attached hydrogen (secondary N) is 2. The molecule has 0 saturated heterocycles. The Balaban J connectivity index is 3.03. The van der Waals surface area contributed by atoms with Gasteiger partial charge in [-0.3, -0.25) is 10.1 Å². The zero-order valence-corrected chi connectivity index (χ0v) is 11.5.